The third kappa shape index (κ3) is 6.49. The first-order chi connectivity index (χ1) is 17.5. The summed E-state index contributed by atoms with van der Waals surface area (Å²) in [6.45, 7) is 10.2. The summed E-state index contributed by atoms with van der Waals surface area (Å²) in [4.78, 5) is 15.4. The van der Waals surface area contributed by atoms with Gasteiger partial charge in [0.2, 0.25) is 0 Å². The third-order valence-corrected chi connectivity index (χ3v) is 7.47. The first-order valence-corrected chi connectivity index (χ1v) is 13.4. The van der Waals surface area contributed by atoms with Gasteiger partial charge in [0, 0.05) is 34.0 Å². The summed E-state index contributed by atoms with van der Waals surface area (Å²) in [5, 5.41) is 0.587. The van der Waals surface area contributed by atoms with Crippen molar-refractivity contribution in [3.05, 3.63) is 69.5 Å². The first kappa shape index (κ1) is 30.7. The zero-order valence-corrected chi connectivity index (χ0v) is 24.2. The fourth-order valence-corrected chi connectivity index (χ4v) is 6.21. The van der Waals surface area contributed by atoms with Crippen molar-refractivity contribution < 1.29 is 22.7 Å². The minimum absolute atomic E-state index is 0.123. The summed E-state index contributed by atoms with van der Waals surface area (Å²) in [5.41, 5.74) is 4.82. The van der Waals surface area contributed by atoms with Gasteiger partial charge in [0.1, 0.15) is 17.5 Å². The van der Waals surface area contributed by atoms with Crippen LogP contribution in [-0.4, -0.2) is 48.1 Å². The van der Waals surface area contributed by atoms with Crippen molar-refractivity contribution >= 4 is 29.2 Å². The number of nitrogens with zero attached hydrogens (tertiary/aromatic N) is 1. The van der Waals surface area contributed by atoms with E-state index in [2.05, 4.69) is 0 Å². The Hall–Kier alpha value is -1.80. The number of likely N-dealkylation sites (tertiary alicyclic amines) is 1. The molecule has 0 unspecified atom stereocenters. The number of carbonyl (C=O) groups excluding carboxylic acids is 1. The van der Waals surface area contributed by atoms with Crippen LogP contribution in [0, 0.1) is 11.2 Å². The molecule has 1 aliphatic heterocycles. The van der Waals surface area contributed by atoms with Crippen LogP contribution >= 0.6 is 23.2 Å². The molecule has 2 N–H and O–H groups in total. The van der Waals surface area contributed by atoms with Crippen LogP contribution in [0.2, 0.25) is 10.0 Å². The molecule has 9 heteroatoms. The SMILES string of the molecule is CC(C)(C)C[C@@H]1N(CC(F)F)[C@@H](C(=O)OC(C)(C)C)[C@H](c2cccc(Cl)c2)[C@@]1(CN)c1ccc(Cl)cc1F. The average molecular weight is 574 g/mol. The van der Waals surface area contributed by atoms with Crippen molar-refractivity contribution in [2.45, 2.75) is 83.4 Å². The van der Waals surface area contributed by atoms with E-state index in [4.69, 9.17) is 33.7 Å². The van der Waals surface area contributed by atoms with Crippen molar-refractivity contribution in [2.24, 2.45) is 11.1 Å². The van der Waals surface area contributed by atoms with Crippen LogP contribution in [0.3, 0.4) is 0 Å². The Bertz CT molecular complexity index is 1150. The molecule has 38 heavy (non-hydrogen) atoms. The van der Waals surface area contributed by atoms with Gasteiger partial charge in [-0.25, -0.2) is 13.2 Å². The normalized spacial score (nSPS) is 24.7. The lowest BCUT2D eigenvalue weighted by Crippen LogP contribution is -2.52. The predicted molar refractivity (Wildman–Crippen MR) is 147 cm³/mol. The second kappa shape index (κ2) is 11.4. The molecule has 0 radical (unpaired) electrons. The molecule has 4 nitrogen and oxygen atoms in total. The maximum atomic E-state index is 15.8. The van der Waals surface area contributed by atoms with Crippen LogP contribution in [0.15, 0.2) is 42.5 Å². The lowest BCUT2D eigenvalue weighted by atomic mass is 9.62. The molecule has 0 aliphatic carbocycles. The number of halogens is 5. The molecule has 3 rings (SSSR count). The van der Waals surface area contributed by atoms with E-state index in [1.54, 1.807) is 57.2 Å². The van der Waals surface area contributed by atoms with Crippen LogP contribution in [-0.2, 0) is 14.9 Å². The quantitative estimate of drug-likeness (QED) is 0.356. The molecule has 210 valence electrons. The fourth-order valence-electron chi connectivity index (χ4n) is 5.85. The van der Waals surface area contributed by atoms with Crippen molar-refractivity contribution in [1.82, 2.24) is 4.90 Å². The number of benzene rings is 2. The average Bonchev–Trinajstić information content (AvgIpc) is 3.01. The highest BCUT2D eigenvalue weighted by Gasteiger charge is 2.63. The van der Waals surface area contributed by atoms with E-state index in [0.29, 0.717) is 17.0 Å². The number of hydrogen-bond acceptors (Lipinski definition) is 4. The molecule has 0 saturated carbocycles. The van der Waals surface area contributed by atoms with Gasteiger partial charge in [-0.05, 0) is 68.0 Å². The number of carbonyl (C=O) groups is 1. The second-order valence-corrected chi connectivity index (χ2v) is 13.1. The summed E-state index contributed by atoms with van der Waals surface area (Å²) >= 11 is 12.5. The molecular weight excluding hydrogens is 536 g/mol. The number of esters is 1. The molecule has 1 saturated heterocycles. The highest BCUT2D eigenvalue weighted by molar-refractivity contribution is 6.30. The highest BCUT2D eigenvalue weighted by atomic mass is 35.5. The molecule has 2 aromatic carbocycles. The molecule has 0 amide bonds. The minimum Gasteiger partial charge on any atom is -0.459 e. The van der Waals surface area contributed by atoms with Gasteiger partial charge in [-0.15, -0.1) is 0 Å². The van der Waals surface area contributed by atoms with Crippen molar-refractivity contribution in [1.29, 1.82) is 0 Å². The van der Waals surface area contributed by atoms with E-state index in [1.807, 2.05) is 20.8 Å². The van der Waals surface area contributed by atoms with Gasteiger partial charge < -0.3 is 10.5 Å². The van der Waals surface area contributed by atoms with Crippen LogP contribution in [0.1, 0.15) is 65.0 Å². The molecule has 0 spiro atoms. The van der Waals surface area contributed by atoms with E-state index >= 15 is 4.39 Å². The number of alkyl halides is 2. The van der Waals surface area contributed by atoms with Gasteiger partial charge in [-0.2, -0.15) is 0 Å². The van der Waals surface area contributed by atoms with E-state index in [9.17, 15) is 13.6 Å². The Morgan fingerprint density at radius 1 is 1.08 bits per heavy atom. The van der Waals surface area contributed by atoms with Gasteiger partial charge in [0.05, 0.1) is 6.54 Å². The molecule has 1 aliphatic rings. The largest absolute Gasteiger partial charge is 0.459 e. The second-order valence-electron chi connectivity index (χ2n) is 12.2. The zero-order valence-electron chi connectivity index (χ0n) is 22.7. The zero-order chi connectivity index (χ0) is 28.6. The van der Waals surface area contributed by atoms with Crippen molar-refractivity contribution in [2.75, 3.05) is 13.1 Å². The Labute approximate surface area is 233 Å². The van der Waals surface area contributed by atoms with Crippen LogP contribution in [0.4, 0.5) is 13.2 Å². The van der Waals surface area contributed by atoms with Crippen LogP contribution in [0.5, 0.6) is 0 Å². The summed E-state index contributed by atoms with van der Waals surface area (Å²) in [6.07, 6.45) is -2.40. The van der Waals surface area contributed by atoms with Crippen molar-refractivity contribution in [3.63, 3.8) is 0 Å². The highest BCUT2D eigenvalue weighted by Crippen LogP contribution is 2.56. The molecule has 0 aromatic heterocycles. The minimum atomic E-state index is -2.76. The summed E-state index contributed by atoms with van der Waals surface area (Å²) in [6, 6.07) is 9.24. The van der Waals surface area contributed by atoms with Gasteiger partial charge in [-0.3, -0.25) is 9.69 Å². The standard InChI is InChI=1S/C29H37Cl2F3N2O2/c1-27(2,3)14-22-29(16-35,20-11-10-19(31)13-21(20)32)24(17-8-7-9-18(30)12-17)25(36(22)15-23(33)34)26(37)38-28(4,5)6/h7-13,22-25H,14-16,35H2,1-6H3/t22-,24-,25+,29-/m0/s1. The third-order valence-electron chi connectivity index (χ3n) is 7.00. The molecule has 4 atom stereocenters. The van der Waals surface area contributed by atoms with Gasteiger partial charge >= 0.3 is 5.97 Å². The van der Waals surface area contributed by atoms with Gasteiger partial charge in [-0.1, -0.05) is 62.2 Å². The van der Waals surface area contributed by atoms with Gasteiger partial charge in [0.15, 0.2) is 0 Å². The summed E-state index contributed by atoms with van der Waals surface area (Å²) in [5.74, 6) is -2.13. The molecular formula is C29H37Cl2F3N2O2. The maximum absolute atomic E-state index is 15.8. The topological polar surface area (TPSA) is 55.6 Å². The maximum Gasteiger partial charge on any atom is 0.324 e. The number of hydrogen-bond donors (Lipinski definition) is 1. The smallest absolute Gasteiger partial charge is 0.324 e. The Balaban J connectivity index is 2.45. The molecule has 0 bridgehead atoms. The van der Waals surface area contributed by atoms with E-state index in [1.165, 1.54) is 11.0 Å². The molecule has 2 aromatic rings. The van der Waals surface area contributed by atoms with Crippen LogP contribution < -0.4 is 5.73 Å². The van der Waals surface area contributed by atoms with E-state index in [-0.39, 0.29) is 22.5 Å². The molecule has 1 heterocycles. The van der Waals surface area contributed by atoms with Gasteiger partial charge in [0.25, 0.3) is 6.43 Å². The monoisotopic (exact) mass is 572 g/mol. The Morgan fingerprint density at radius 3 is 2.21 bits per heavy atom. The summed E-state index contributed by atoms with van der Waals surface area (Å²) < 4.78 is 50.1. The Kier molecular flexibility index (Phi) is 9.19. The summed E-state index contributed by atoms with van der Waals surface area (Å²) in [7, 11) is 0. The lowest BCUT2D eigenvalue weighted by Gasteiger charge is -2.43. The van der Waals surface area contributed by atoms with E-state index < -0.39 is 53.8 Å². The number of ether oxygens (including phenoxy) is 1. The number of rotatable bonds is 7. The van der Waals surface area contributed by atoms with Crippen molar-refractivity contribution in [3.8, 4) is 0 Å². The fraction of sp³-hybridized carbons (Fsp3) is 0.552. The van der Waals surface area contributed by atoms with E-state index in [0.717, 1.165) is 0 Å². The number of nitrogens with two attached hydrogens (primary N) is 1. The molecule has 1 fully saturated rings. The first-order valence-electron chi connectivity index (χ1n) is 12.7. The van der Waals surface area contributed by atoms with Crippen LogP contribution in [0.25, 0.3) is 0 Å². The predicted octanol–water partition coefficient (Wildman–Crippen LogP) is 7.21. The lowest BCUT2D eigenvalue weighted by molar-refractivity contribution is -0.162. The Morgan fingerprint density at radius 2 is 1.71 bits per heavy atom.